The molecule has 20 heavy (non-hydrogen) atoms. The highest BCUT2D eigenvalue weighted by atomic mass is 16.3. The van der Waals surface area contributed by atoms with Crippen molar-refractivity contribution in [1.82, 2.24) is 14.9 Å². The van der Waals surface area contributed by atoms with Crippen LogP contribution >= 0.6 is 0 Å². The van der Waals surface area contributed by atoms with Crippen LogP contribution in [0.2, 0.25) is 0 Å². The average Bonchev–Trinajstić information content (AvgIpc) is 3.11. The molecule has 0 spiro atoms. The van der Waals surface area contributed by atoms with Gasteiger partial charge in [0.2, 0.25) is 0 Å². The third kappa shape index (κ3) is 2.60. The number of hydrogen-bond donors (Lipinski definition) is 1. The molecule has 0 bridgehead atoms. The Kier molecular flexibility index (Phi) is 3.83. The van der Waals surface area contributed by atoms with E-state index in [9.17, 15) is 0 Å². The van der Waals surface area contributed by atoms with Gasteiger partial charge in [0.25, 0.3) is 0 Å². The van der Waals surface area contributed by atoms with Crippen molar-refractivity contribution in [3.05, 3.63) is 54.3 Å². The van der Waals surface area contributed by atoms with Crippen LogP contribution in [-0.2, 0) is 19.5 Å². The van der Waals surface area contributed by atoms with E-state index in [0.29, 0.717) is 0 Å². The van der Waals surface area contributed by atoms with Gasteiger partial charge in [-0.1, -0.05) is 25.1 Å². The fraction of sp³-hybridized carbons (Fsp3) is 0.312. The lowest BCUT2D eigenvalue weighted by atomic mass is 10.1. The molecule has 0 unspecified atom stereocenters. The van der Waals surface area contributed by atoms with E-state index in [4.69, 9.17) is 4.42 Å². The quantitative estimate of drug-likeness (QED) is 0.700. The average molecular weight is 269 g/mol. The van der Waals surface area contributed by atoms with Gasteiger partial charge in [-0.15, -0.1) is 0 Å². The van der Waals surface area contributed by atoms with Gasteiger partial charge in [0, 0.05) is 49.4 Å². The van der Waals surface area contributed by atoms with Crippen molar-refractivity contribution in [3.63, 3.8) is 0 Å². The smallest absolute Gasteiger partial charge is 0.134 e. The summed E-state index contributed by atoms with van der Waals surface area (Å²) in [6.45, 7) is 4.82. The number of aromatic nitrogens is 2. The van der Waals surface area contributed by atoms with Crippen LogP contribution in [0.15, 0.2) is 47.4 Å². The van der Waals surface area contributed by atoms with Gasteiger partial charge in [-0.3, -0.25) is 0 Å². The van der Waals surface area contributed by atoms with Gasteiger partial charge >= 0.3 is 0 Å². The first-order valence-electron chi connectivity index (χ1n) is 7.04. The zero-order chi connectivity index (χ0) is 13.8. The normalized spacial score (nSPS) is 11.2. The zero-order valence-electron chi connectivity index (χ0n) is 11.7. The standard InChI is InChI=1S/C16H19N3O/c1-2-15-14(13-5-3-4-6-16(13)20-15)11-17-7-9-19-10-8-18-12-19/h3-6,8,10,12,17H,2,7,9,11H2,1H3. The molecule has 3 aromatic rings. The molecule has 2 aromatic heterocycles. The number of fused-ring (bicyclic) bond motifs is 1. The molecule has 4 nitrogen and oxygen atoms in total. The Morgan fingerprint density at radius 3 is 3.00 bits per heavy atom. The topological polar surface area (TPSA) is 43.0 Å². The van der Waals surface area contributed by atoms with E-state index in [2.05, 4.69) is 33.9 Å². The zero-order valence-corrected chi connectivity index (χ0v) is 11.7. The molecule has 0 fully saturated rings. The number of para-hydroxylation sites is 1. The third-order valence-corrected chi connectivity index (χ3v) is 3.51. The van der Waals surface area contributed by atoms with E-state index in [0.717, 1.165) is 37.4 Å². The van der Waals surface area contributed by atoms with Gasteiger partial charge in [-0.2, -0.15) is 0 Å². The second-order valence-electron chi connectivity index (χ2n) is 4.83. The lowest BCUT2D eigenvalue weighted by Gasteiger charge is -2.06. The largest absolute Gasteiger partial charge is 0.461 e. The number of furan rings is 1. The second kappa shape index (κ2) is 5.92. The first-order valence-corrected chi connectivity index (χ1v) is 7.04. The van der Waals surface area contributed by atoms with E-state index in [1.165, 1.54) is 10.9 Å². The number of nitrogens with one attached hydrogen (secondary N) is 1. The maximum Gasteiger partial charge on any atom is 0.134 e. The van der Waals surface area contributed by atoms with Crippen LogP contribution in [0, 0.1) is 0 Å². The molecule has 4 heteroatoms. The van der Waals surface area contributed by atoms with Crippen molar-refractivity contribution in [2.75, 3.05) is 6.54 Å². The second-order valence-corrected chi connectivity index (χ2v) is 4.83. The monoisotopic (exact) mass is 269 g/mol. The molecule has 0 aliphatic rings. The van der Waals surface area contributed by atoms with Crippen LogP contribution in [0.3, 0.4) is 0 Å². The molecular weight excluding hydrogens is 250 g/mol. The Bertz CT molecular complexity index is 670. The molecule has 0 radical (unpaired) electrons. The maximum atomic E-state index is 5.90. The Morgan fingerprint density at radius 2 is 2.20 bits per heavy atom. The first kappa shape index (κ1) is 12.9. The number of rotatable bonds is 6. The molecule has 104 valence electrons. The van der Waals surface area contributed by atoms with E-state index in [-0.39, 0.29) is 0 Å². The van der Waals surface area contributed by atoms with Gasteiger partial charge < -0.3 is 14.3 Å². The van der Waals surface area contributed by atoms with Gasteiger partial charge in [0.05, 0.1) is 6.33 Å². The Morgan fingerprint density at radius 1 is 1.30 bits per heavy atom. The van der Waals surface area contributed by atoms with Crippen molar-refractivity contribution >= 4 is 11.0 Å². The van der Waals surface area contributed by atoms with Crippen molar-refractivity contribution in [2.45, 2.75) is 26.4 Å². The van der Waals surface area contributed by atoms with Gasteiger partial charge in [-0.05, 0) is 6.07 Å². The molecule has 0 atom stereocenters. The lowest BCUT2D eigenvalue weighted by molar-refractivity contribution is 0.539. The highest BCUT2D eigenvalue weighted by molar-refractivity contribution is 5.82. The molecule has 2 heterocycles. The maximum absolute atomic E-state index is 5.90. The molecular formula is C16H19N3O. The summed E-state index contributed by atoms with van der Waals surface area (Å²) < 4.78 is 7.97. The minimum atomic E-state index is 0.842. The van der Waals surface area contributed by atoms with Crippen molar-refractivity contribution in [3.8, 4) is 0 Å². The highest BCUT2D eigenvalue weighted by Gasteiger charge is 2.11. The molecule has 0 saturated heterocycles. The van der Waals surface area contributed by atoms with Gasteiger partial charge in [0.15, 0.2) is 0 Å². The number of benzene rings is 1. The fourth-order valence-corrected chi connectivity index (χ4v) is 2.47. The van der Waals surface area contributed by atoms with Crippen molar-refractivity contribution < 1.29 is 4.42 Å². The molecule has 3 rings (SSSR count). The van der Waals surface area contributed by atoms with E-state index in [1.54, 1.807) is 6.20 Å². The van der Waals surface area contributed by atoms with Crippen LogP contribution in [-0.4, -0.2) is 16.1 Å². The van der Waals surface area contributed by atoms with Crippen molar-refractivity contribution in [1.29, 1.82) is 0 Å². The van der Waals surface area contributed by atoms with Crippen LogP contribution in [0.5, 0.6) is 0 Å². The van der Waals surface area contributed by atoms with E-state index < -0.39 is 0 Å². The Balaban J connectivity index is 1.67. The van der Waals surface area contributed by atoms with E-state index in [1.807, 2.05) is 24.7 Å². The summed E-state index contributed by atoms with van der Waals surface area (Å²) in [6.07, 6.45) is 6.55. The predicted octanol–water partition coefficient (Wildman–Crippen LogP) is 2.98. The summed E-state index contributed by atoms with van der Waals surface area (Å²) in [5, 5.41) is 4.71. The Labute approximate surface area is 118 Å². The molecule has 0 amide bonds. The van der Waals surface area contributed by atoms with Crippen LogP contribution < -0.4 is 5.32 Å². The van der Waals surface area contributed by atoms with Crippen LogP contribution in [0.1, 0.15) is 18.2 Å². The Hall–Kier alpha value is -2.07. The van der Waals surface area contributed by atoms with Gasteiger partial charge in [-0.25, -0.2) is 4.98 Å². The number of hydrogen-bond acceptors (Lipinski definition) is 3. The molecule has 1 aromatic carbocycles. The molecule has 0 saturated carbocycles. The minimum Gasteiger partial charge on any atom is -0.461 e. The SMILES string of the molecule is CCc1oc2ccccc2c1CNCCn1ccnc1. The minimum absolute atomic E-state index is 0.842. The summed E-state index contributed by atoms with van der Waals surface area (Å²) >= 11 is 0. The lowest BCUT2D eigenvalue weighted by Crippen LogP contribution is -2.19. The predicted molar refractivity (Wildman–Crippen MR) is 79.5 cm³/mol. The van der Waals surface area contributed by atoms with Crippen LogP contribution in [0.25, 0.3) is 11.0 Å². The first-order chi connectivity index (χ1) is 9.88. The van der Waals surface area contributed by atoms with E-state index >= 15 is 0 Å². The summed E-state index contributed by atoms with van der Waals surface area (Å²) in [5.41, 5.74) is 2.27. The highest BCUT2D eigenvalue weighted by Crippen LogP contribution is 2.25. The molecule has 0 aliphatic heterocycles. The number of nitrogens with zero attached hydrogens (tertiary/aromatic N) is 2. The van der Waals surface area contributed by atoms with Crippen molar-refractivity contribution in [2.24, 2.45) is 0 Å². The third-order valence-electron chi connectivity index (χ3n) is 3.51. The van der Waals surface area contributed by atoms with Crippen LogP contribution in [0.4, 0.5) is 0 Å². The number of imidazole rings is 1. The summed E-state index contributed by atoms with van der Waals surface area (Å²) in [5.74, 6) is 1.08. The van der Waals surface area contributed by atoms with Gasteiger partial charge in [0.1, 0.15) is 11.3 Å². The molecule has 1 N–H and O–H groups in total. The fourth-order valence-electron chi connectivity index (χ4n) is 2.47. The summed E-state index contributed by atoms with van der Waals surface area (Å²) in [6, 6.07) is 8.24. The summed E-state index contributed by atoms with van der Waals surface area (Å²) in [4.78, 5) is 4.04. The summed E-state index contributed by atoms with van der Waals surface area (Å²) in [7, 11) is 0. The number of aryl methyl sites for hydroxylation is 1. The molecule has 0 aliphatic carbocycles.